The van der Waals surface area contributed by atoms with Gasteiger partial charge in [0.2, 0.25) is 5.69 Å². The number of methoxy groups -OCH3 is 1. The van der Waals surface area contributed by atoms with Crippen LogP contribution in [0.4, 0.5) is 5.82 Å². The monoisotopic (exact) mass is 450 g/mol. The van der Waals surface area contributed by atoms with E-state index in [0.717, 1.165) is 33.6 Å². The van der Waals surface area contributed by atoms with Crippen LogP contribution in [0.2, 0.25) is 0 Å². The zero-order valence-electron chi connectivity index (χ0n) is 19.0. The van der Waals surface area contributed by atoms with Gasteiger partial charge in [-0.05, 0) is 27.7 Å². The first kappa shape index (κ1) is 20.8. The number of esters is 1. The van der Waals surface area contributed by atoms with Gasteiger partial charge in [0, 0.05) is 23.5 Å². The van der Waals surface area contributed by atoms with E-state index in [-0.39, 0.29) is 17.6 Å². The lowest BCUT2D eigenvalue weighted by Gasteiger charge is -2.24. The lowest BCUT2D eigenvalue weighted by atomic mass is 10.1. The van der Waals surface area contributed by atoms with E-state index in [9.17, 15) is 4.79 Å². The van der Waals surface area contributed by atoms with Crippen LogP contribution in [0.1, 0.15) is 38.1 Å². The number of benzene rings is 1. The van der Waals surface area contributed by atoms with Crippen molar-refractivity contribution in [2.24, 2.45) is 0 Å². The SMILES string of the molecule is COC(=O)CC1Cn2ccnc2-c2c(NC(C)(C)C)n3c(-c4ccccc4)c(C)sc3[n+]21. The third-order valence-electron chi connectivity index (χ3n) is 5.76. The number of imidazole rings is 2. The van der Waals surface area contributed by atoms with Crippen molar-refractivity contribution in [3.05, 3.63) is 47.6 Å². The number of anilines is 1. The summed E-state index contributed by atoms with van der Waals surface area (Å²) in [6.45, 7) is 9.31. The molecule has 166 valence electrons. The van der Waals surface area contributed by atoms with Gasteiger partial charge in [0.05, 0.1) is 25.0 Å². The largest absolute Gasteiger partial charge is 0.469 e. The Morgan fingerprint density at radius 2 is 2.06 bits per heavy atom. The first-order valence-electron chi connectivity index (χ1n) is 10.8. The molecule has 1 unspecified atom stereocenters. The van der Waals surface area contributed by atoms with Gasteiger partial charge in [0.1, 0.15) is 6.04 Å². The quantitative estimate of drug-likeness (QED) is 0.368. The van der Waals surface area contributed by atoms with Crippen molar-refractivity contribution >= 4 is 28.1 Å². The molecule has 4 aromatic rings. The Balaban J connectivity index is 1.86. The molecule has 1 atom stereocenters. The summed E-state index contributed by atoms with van der Waals surface area (Å²) < 4.78 is 11.8. The molecule has 1 aliphatic rings. The second-order valence-electron chi connectivity index (χ2n) is 9.27. The van der Waals surface area contributed by atoms with E-state index in [1.165, 1.54) is 12.0 Å². The average molecular weight is 451 g/mol. The van der Waals surface area contributed by atoms with Crippen LogP contribution < -0.4 is 9.88 Å². The van der Waals surface area contributed by atoms with Crippen LogP contribution in [0.25, 0.3) is 27.7 Å². The zero-order valence-corrected chi connectivity index (χ0v) is 19.9. The Labute approximate surface area is 191 Å². The number of nitrogens with zero attached hydrogens (tertiary/aromatic N) is 4. The molecule has 0 saturated carbocycles. The highest BCUT2D eigenvalue weighted by Crippen LogP contribution is 2.41. The molecule has 0 radical (unpaired) electrons. The van der Waals surface area contributed by atoms with Crippen LogP contribution in [0, 0.1) is 6.92 Å². The number of aryl methyl sites for hydroxylation is 1. The topological polar surface area (TPSA) is 64.4 Å². The molecule has 4 heterocycles. The van der Waals surface area contributed by atoms with Crippen LogP contribution in [-0.4, -0.2) is 32.6 Å². The lowest BCUT2D eigenvalue weighted by Crippen LogP contribution is -2.47. The maximum absolute atomic E-state index is 12.3. The molecule has 0 saturated heterocycles. The molecule has 7 nitrogen and oxygen atoms in total. The summed E-state index contributed by atoms with van der Waals surface area (Å²) >= 11 is 1.75. The van der Waals surface area contributed by atoms with Crippen LogP contribution in [0.3, 0.4) is 0 Å². The van der Waals surface area contributed by atoms with Crippen molar-refractivity contribution < 1.29 is 14.1 Å². The number of thiazole rings is 1. The molecule has 32 heavy (non-hydrogen) atoms. The first-order chi connectivity index (χ1) is 15.3. The van der Waals surface area contributed by atoms with E-state index in [2.05, 4.69) is 70.8 Å². The highest BCUT2D eigenvalue weighted by atomic mass is 32.1. The minimum absolute atomic E-state index is 0.0636. The normalized spacial score (nSPS) is 15.5. The fourth-order valence-corrected chi connectivity index (χ4v) is 5.72. The molecule has 1 aliphatic heterocycles. The predicted molar refractivity (Wildman–Crippen MR) is 126 cm³/mol. The molecule has 1 N–H and O–H groups in total. The van der Waals surface area contributed by atoms with Gasteiger partial charge in [-0.1, -0.05) is 41.7 Å². The molecule has 0 aliphatic carbocycles. The molecule has 0 amide bonds. The molecule has 0 spiro atoms. The van der Waals surface area contributed by atoms with E-state index >= 15 is 0 Å². The third kappa shape index (κ3) is 3.30. The minimum atomic E-state index is -0.210. The molecular formula is C24H28N5O2S+. The number of fused-ring (bicyclic) bond motifs is 5. The summed E-state index contributed by atoms with van der Waals surface area (Å²) in [5.74, 6) is 1.70. The fraction of sp³-hybridized carbons (Fsp3) is 0.375. The van der Waals surface area contributed by atoms with Gasteiger partial charge in [0.15, 0.2) is 11.5 Å². The van der Waals surface area contributed by atoms with E-state index < -0.39 is 0 Å². The van der Waals surface area contributed by atoms with E-state index in [1.807, 2.05) is 18.5 Å². The number of aromatic nitrogens is 4. The maximum Gasteiger partial charge on any atom is 0.349 e. The van der Waals surface area contributed by atoms with Gasteiger partial charge in [-0.2, -0.15) is 4.40 Å². The maximum atomic E-state index is 12.3. The van der Waals surface area contributed by atoms with Crippen LogP contribution >= 0.6 is 11.3 Å². The second kappa shape index (κ2) is 7.48. The van der Waals surface area contributed by atoms with E-state index in [0.29, 0.717) is 13.0 Å². The van der Waals surface area contributed by atoms with E-state index in [1.54, 1.807) is 11.3 Å². The van der Waals surface area contributed by atoms with Crippen molar-refractivity contribution in [1.29, 1.82) is 0 Å². The number of hydrogen-bond acceptors (Lipinski definition) is 5. The highest BCUT2D eigenvalue weighted by molar-refractivity contribution is 7.17. The summed E-state index contributed by atoms with van der Waals surface area (Å²) in [6.07, 6.45) is 4.12. The van der Waals surface area contributed by atoms with Gasteiger partial charge in [0.25, 0.3) is 5.82 Å². The molecule has 0 fully saturated rings. The van der Waals surface area contributed by atoms with Gasteiger partial charge < -0.3 is 14.6 Å². The molecular weight excluding hydrogens is 422 g/mol. The van der Waals surface area contributed by atoms with Crippen molar-refractivity contribution in [3.8, 4) is 22.8 Å². The predicted octanol–water partition coefficient (Wildman–Crippen LogP) is 4.46. The Bertz CT molecular complexity index is 1310. The van der Waals surface area contributed by atoms with Crippen LogP contribution in [-0.2, 0) is 16.1 Å². The number of hydrogen-bond donors (Lipinski definition) is 1. The van der Waals surface area contributed by atoms with Gasteiger partial charge in [-0.3, -0.25) is 4.79 Å². The zero-order chi connectivity index (χ0) is 22.6. The van der Waals surface area contributed by atoms with Crippen molar-refractivity contribution in [3.63, 3.8) is 0 Å². The van der Waals surface area contributed by atoms with E-state index in [4.69, 9.17) is 9.72 Å². The van der Waals surface area contributed by atoms with Crippen molar-refractivity contribution in [2.45, 2.75) is 52.2 Å². The fourth-order valence-electron chi connectivity index (χ4n) is 4.53. The van der Waals surface area contributed by atoms with Crippen molar-refractivity contribution in [2.75, 3.05) is 12.4 Å². The van der Waals surface area contributed by atoms with Gasteiger partial charge in [-0.25, -0.2) is 9.55 Å². The molecule has 0 bridgehead atoms. The third-order valence-corrected chi connectivity index (χ3v) is 6.82. The molecule has 1 aromatic carbocycles. The lowest BCUT2D eigenvalue weighted by molar-refractivity contribution is -0.690. The Morgan fingerprint density at radius 1 is 1.31 bits per heavy atom. The summed E-state index contributed by atoms with van der Waals surface area (Å²) in [6, 6.07) is 10.4. The Morgan fingerprint density at radius 3 is 2.75 bits per heavy atom. The minimum Gasteiger partial charge on any atom is -0.469 e. The molecule has 5 rings (SSSR count). The summed E-state index contributed by atoms with van der Waals surface area (Å²) in [5, 5.41) is 3.75. The first-order valence-corrected chi connectivity index (χ1v) is 11.6. The number of ether oxygens (including phenoxy) is 1. The Kier molecular flexibility index (Phi) is 4.85. The number of carbonyl (C=O) groups is 1. The standard InChI is InChI=1S/C24H28N5O2S/c1-15-19(16-9-7-6-8-10-16)29-22(26-24(2,3)4)20-21-25-11-12-27(21)14-17(13-18(30)31-5)28(20)23(29)32-15/h6-12,17,26H,13-14H2,1-5H3/q+1. The van der Waals surface area contributed by atoms with Gasteiger partial charge >= 0.3 is 10.9 Å². The van der Waals surface area contributed by atoms with Crippen LogP contribution in [0.5, 0.6) is 0 Å². The number of carbonyl (C=O) groups excluding carboxylic acids is 1. The summed E-state index contributed by atoms with van der Waals surface area (Å²) in [4.78, 5) is 19.3. The Hall–Kier alpha value is -3.13. The summed E-state index contributed by atoms with van der Waals surface area (Å²) in [7, 11) is 1.45. The molecule has 3 aromatic heterocycles. The number of nitrogens with one attached hydrogen (secondary N) is 1. The second-order valence-corrected chi connectivity index (χ2v) is 10.5. The van der Waals surface area contributed by atoms with Crippen LogP contribution in [0.15, 0.2) is 42.7 Å². The van der Waals surface area contributed by atoms with Gasteiger partial charge in [-0.15, -0.1) is 0 Å². The van der Waals surface area contributed by atoms with Crippen molar-refractivity contribution in [1.82, 2.24) is 14.0 Å². The summed E-state index contributed by atoms with van der Waals surface area (Å²) in [5.41, 5.74) is 3.16. The smallest absolute Gasteiger partial charge is 0.349 e. The molecule has 8 heteroatoms. The number of rotatable bonds is 4. The average Bonchev–Trinajstić information content (AvgIpc) is 3.41. The highest BCUT2D eigenvalue weighted by Gasteiger charge is 2.42.